The number of carbonyl (C=O) groups is 1. The molecule has 0 atom stereocenters. The van der Waals surface area contributed by atoms with E-state index >= 15 is 0 Å². The molecule has 0 aliphatic heterocycles. The number of hydrogen-bond acceptors (Lipinski definition) is 6. The van der Waals surface area contributed by atoms with E-state index in [1.807, 2.05) is 24.3 Å². The molecule has 2 aromatic carbocycles. The summed E-state index contributed by atoms with van der Waals surface area (Å²) in [6.07, 6.45) is 3.91. The Morgan fingerprint density at radius 2 is 1.89 bits per heavy atom. The van der Waals surface area contributed by atoms with Crippen LogP contribution in [0.25, 0.3) is 0 Å². The summed E-state index contributed by atoms with van der Waals surface area (Å²) in [7, 11) is 3.23. The molecule has 1 heterocycles. The number of unbranched alkanes of at least 4 members (excludes halogenated alkanes) is 2. The quantitative estimate of drug-likeness (QED) is 0.298. The first-order valence-corrected chi connectivity index (χ1v) is 12.8. The fourth-order valence-corrected chi connectivity index (χ4v) is 4.57. The van der Waals surface area contributed by atoms with Crippen LogP contribution in [0.5, 0.6) is 11.5 Å². The smallest absolute Gasteiger partial charge is 0.270 e. The summed E-state index contributed by atoms with van der Waals surface area (Å²) in [5.41, 5.74) is 2.16. The fraction of sp³-hybridized carbons (Fsp3) is 0.407. The second-order valence-corrected chi connectivity index (χ2v) is 9.27. The molecule has 0 fully saturated rings. The van der Waals surface area contributed by atoms with Crippen molar-refractivity contribution in [2.45, 2.75) is 45.7 Å². The molecule has 0 saturated heterocycles. The number of benzene rings is 2. The molecule has 0 spiro atoms. The molecule has 35 heavy (non-hydrogen) atoms. The van der Waals surface area contributed by atoms with E-state index in [0.29, 0.717) is 48.9 Å². The Balaban J connectivity index is 1.69. The van der Waals surface area contributed by atoms with Crippen LogP contribution in [0.1, 0.15) is 52.8 Å². The first kappa shape index (κ1) is 26.6. The topological polar surface area (TPSA) is 63.7 Å². The lowest BCUT2D eigenvalue weighted by Gasteiger charge is -2.22. The van der Waals surface area contributed by atoms with Crippen molar-refractivity contribution in [3.8, 4) is 11.5 Å². The Morgan fingerprint density at radius 3 is 2.63 bits per heavy atom. The average Bonchev–Trinajstić information content (AvgIpc) is 3.34. The van der Waals surface area contributed by atoms with Gasteiger partial charge in [0.2, 0.25) is 0 Å². The molecule has 6 nitrogen and oxygen atoms in total. The van der Waals surface area contributed by atoms with Crippen molar-refractivity contribution in [3.05, 3.63) is 75.5 Å². The van der Waals surface area contributed by atoms with Gasteiger partial charge in [0.15, 0.2) is 11.5 Å². The number of halogens is 1. The van der Waals surface area contributed by atoms with Crippen LogP contribution < -0.4 is 14.8 Å². The number of hydrogen-bond donors (Lipinski definition) is 1. The van der Waals surface area contributed by atoms with Crippen LogP contribution in [0.2, 0.25) is 0 Å². The Hall–Kier alpha value is -2.97. The number of thiazole rings is 1. The number of nitrogens with one attached hydrogen (secondary N) is 1. The maximum Gasteiger partial charge on any atom is 0.270 e. The minimum atomic E-state index is -0.227. The molecule has 0 unspecified atom stereocenters. The molecule has 0 saturated carbocycles. The minimum Gasteiger partial charge on any atom is -0.493 e. The van der Waals surface area contributed by atoms with E-state index in [1.165, 1.54) is 17.4 Å². The van der Waals surface area contributed by atoms with E-state index < -0.39 is 0 Å². The van der Waals surface area contributed by atoms with Crippen molar-refractivity contribution in [3.63, 3.8) is 0 Å². The van der Waals surface area contributed by atoms with Crippen LogP contribution in [0.3, 0.4) is 0 Å². The van der Waals surface area contributed by atoms with Crippen molar-refractivity contribution in [2.24, 2.45) is 0 Å². The van der Waals surface area contributed by atoms with E-state index in [4.69, 9.17) is 9.47 Å². The number of aromatic nitrogens is 1. The zero-order chi connectivity index (χ0) is 25.0. The Morgan fingerprint density at radius 1 is 1.09 bits per heavy atom. The summed E-state index contributed by atoms with van der Waals surface area (Å²) >= 11 is 1.45. The number of rotatable bonds is 14. The van der Waals surface area contributed by atoms with Gasteiger partial charge in [-0.05, 0) is 36.6 Å². The first-order chi connectivity index (χ1) is 17.0. The van der Waals surface area contributed by atoms with Crippen molar-refractivity contribution in [2.75, 3.05) is 27.3 Å². The number of nitrogens with zero attached hydrogens (tertiary/aromatic N) is 2. The number of ether oxygens (including phenoxy) is 2. The molecular formula is C27H34FN3O3S. The summed E-state index contributed by atoms with van der Waals surface area (Å²) < 4.78 is 25.1. The highest BCUT2D eigenvalue weighted by Gasteiger charge is 2.16. The predicted octanol–water partition coefficient (Wildman–Crippen LogP) is 5.46. The zero-order valence-electron chi connectivity index (χ0n) is 20.7. The van der Waals surface area contributed by atoms with Gasteiger partial charge in [-0.3, -0.25) is 9.69 Å². The molecule has 0 aliphatic carbocycles. The molecule has 1 N–H and O–H groups in total. The van der Waals surface area contributed by atoms with Gasteiger partial charge in [0.25, 0.3) is 5.91 Å². The van der Waals surface area contributed by atoms with Crippen molar-refractivity contribution < 1.29 is 18.7 Å². The normalized spacial score (nSPS) is 11.0. The van der Waals surface area contributed by atoms with Crippen LogP contribution in [-0.4, -0.2) is 43.1 Å². The molecule has 8 heteroatoms. The molecule has 3 rings (SSSR count). The standard InChI is InChI=1S/C27H34FN3O3S/c1-4-5-8-14-29-27(32)23-19-35-26(30-23)18-31(17-21-9-6-7-10-22(21)28)15-13-20-11-12-24(33-2)25(16-20)34-3/h6-7,9-12,16,19H,4-5,8,13-15,17-18H2,1-3H3,(H,29,32). The highest BCUT2D eigenvalue weighted by molar-refractivity contribution is 7.09. The summed E-state index contributed by atoms with van der Waals surface area (Å²) in [6, 6.07) is 12.7. The van der Waals surface area contributed by atoms with Gasteiger partial charge in [0, 0.05) is 30.6 Å². The monoisotopic (exact) mass is 499 g/mol. The summed E-state index contributed by atoms with van der Waals surface area (Å²) in [6.45, 7) is 4.44. The fourth-order valence-electron chi connectivity index (χ4n) is 3.75. The molecule has 188 valence electrons. The van der Waals surface area contributed by atoms with Gasteiger partial charge in [0.05, 0.1) is 20.8 Å². The van der Waals surface area contributed by atoms with Crippen LogP contribution in [0, 0.1) is 5.82 Å². The van der Waals surface area contributed by atoms with Gasteiger partial charge >= 0.3 is 0 Å². The number of methoxy groups -OCH3 is 2. The lowest BCUT2D eigenvalue weighted by Crippen LogP contribution is -2.26. The molecule has 1 amide bonds. The maximum absolute atomic E-state index is 14.4. The molecular weight excluding hydrogens is 465 g/mol. The summed E-state index contributed by atoms with van der Waals surface area (Å²) in [5, 5.41) is 5.55. The Kier molecular flexibility index (Phi) is 10.5. The van der Waals surface area contributed by atoms with Gasteiger partial charge in [0.1, 0.15) is 16.5 Å². The minimum absolute atomic E-state index is 0.144. The van der Waals surface area contributed by atoms with Crippen LogP contribution in [0.4, 0.5) is 4.39 Å². The molecule has 0 radical (unpaired) electrons. The molecule has 0 aliphatic rings. The lowest BCUT2D eigenvalue weighted by atomic mass is 10.1. The van der Waals surface area contributed by atoms with Crippen molar-refractivity contribution >= 4 is 17.2 Å². The van der Waals surface area contributed by atoms with Gasteiger partial charge in [-0.25, -0.2) is 9.37 Å². The van der Waals surface area contributed by atoms with Crippen LogP contribution in [-0.2, 0) is 19.5 Å². The maximum atomic E-state index is 14.4. The van der Waals surface area contributed by atoms with E-state index in [2.05, 4.69) is 22.1 Å². The largest absolute Gasteiger partial charge is 0.493 e. The Bertz CT molecular complexity index is 1090. The second-order valence-electron chi connectivity index (χ2n) is 8.33. The molecule has 1 aromatic heterocycles. The van der Waals surface area contributed by atoms with Gasteiger partial charge < -0.3 is 14.8 Å². The van der Waals surface area contributed by atoms with Crippen LogP contribution >= 0.6 is 11.3 Å². The highest BCUT2D eigenvalue weighted by atomic mass is 32.1. The van der Waals surface area contributed by atoms with Crippen molar-refractivity contribution in [1.82, 2.24) is 15.2 Å². The Labute approximate surface area is 211 Å². The van der Waals surface area contributed by atoms with Gasteiger partial charge in [-0.2, -0.15) is 0 Å². The third-order valence-electron chi connectivity index (χ3n) is 5.73. The van der Waals surface area contributed by atoms with Crippen molar-refractivity contribution in [1.29, 1.82) is 0 Å². The highest BCUT2D eigenvalue weighted by Crippen LogP contribution is 2.28. The predicted molar refractivity (Wildman–Crippen MR) is 138 cm³/mol. The lowest BCUT2D eigenvalue weighted by molar-refractivity contribution is 0.0948. The summed E-state index contributed by atoms with van der Waals surface area (Å²) in [5.74, 6) is 0.993. The number of carbonyl (C=O) groups excluding carboxylic acids is 1. The first-order valence-electron chi connectivity index (χ1n) is 11.9. The van der Waals surface area contributed by atoms with Gasteiger partial charge in [-0.15, -0.1) is 11.3 Å². The molecule has 3 aromatic rings. The van der Waals surface area contributed by atoms with Crippen LogP contribution in [0.15, 0.2) is 47.8 Å². The van der Waals surface area contributed by atoms with E-state index in [-0.39, 0.29) is 11.7 Å². The van der Waals surface area contributed by atoms with E-state index in [9.17, 15) is 9.18 Å². The third kappa shape index (κ3) is 8.04. The van der Waals surface area contributed by atoms with E-state index in [0.717, 1.165) is 36.3 Å². The van der Waals surface area contributed by atoms with Gasteiger partial charge in [-0.1, -0.05) is 44.0 Å². The summed E-state index contributed by atoms with van der Waals surface area (Å²) in [4.78, 5) is 19.1. The third-order valence-corrected chi connectivity index (χ3v) is 6.56. The average molecular weight is 500 g/mol. The SMILES string of the molecule is CCCCCNC(=O)c1csc(CN(CCc2ccc(OC)c(OC)c2)Cc2ccccc2F)n1. The molecule has 0 bridgehead atoms. The second kappa shape index (κ2) is 13.8. The number of amides is 1. The zero-order valence-corrected chi connectivity index (χ0v) is 21.5. The van der Waals surface area contributed by atoms with E-state index in [1.54, 1.807) is 31.7 Å².